The summed E-state index contributed by atoms with van der Waals surface area (Å²) in [6.07, 6.45) is 4.49. The number of halogens is 1. The number of amides is 1. The van der Waals surface area contributed by atoms with Crippen LogP contribution in [0, 0.1) is 0 Å². The molecule has 4 nitrogen and oxygen atoms in total. The van der Waals surface area contributed by atoms with Gasteiger partial charge in [0, 0.05) is 23.7 Å². The molecule has 0 radical (unpaired) electrons. The molecular weight excluding hydrogens is 360 g/mol. The zero-order valence-electron chi connectivity index (χ0n) is 16.2. The van der Waals surface area contributed by atoms with Crippen LogP contribution >= 0.6 is 12.4 Å². The fraction of sp³-hybridized carbons (Fsp3) is 0.500. The van der Waals surface area contributed by atoms with Gasteiger partial charge in [-0.1, -0.05) is 45.0 Å². The van der Waals surface area contributed by atoms with Gasteiger partial charge in [0.1, 0.15) is 5.76 Å². The van der Waals surface area contributed by atoms with Gasteiger partial charge in [0.05, 0.1) is 0 Å². The van der Waals surface area contributed by atoms with Crippen LogP contribution in [-0.2, 0) is 5.41 Å². The largest absolute Gasteiger partial charge is 0.451 e. The van der Waals surface area contributed by atoms with E-state index < -0.39 is 0 Å². The highest BCUT2D eigenvalue weighted by molar-refractivity contribution is 5.92. The molecule has 0 spiro atoms. The van der Waals surface area contributed by atoms with Crippen molar-refractivity contribution in [3.63, 3.8) is 0 Å². The Balaban J connectivity index is 0.00000210. The lowest BCUT2D eigenvalue weighted by Crippen LogP contribution is -2.47. The highest BCUT2D eigenvalue weighted by Gasteiger charge is 2.34. The number of carbonyl (C=O) groups excluding carboxylic acids is 1. The summed E-state index contributed by atoms with van der Waals surface area (Å²) in [5, 5.41) is 6.76. The van der Waals surface area contributed by atoms with Gasteiger partial charge in [-0.25, -0.2) is 0 Å². The number of piperidine rings is 1. The maximum atomic E-state index is 12.6. The molecule has 1 amide bonds. The lowest BCUT2D eigenvalue weighted by molar-refractivity contribution is 0.0896. The predicted octanol–water partition coefficient (Wildman–Crippen LogP) is 4.68. The number of hydrogen-bond acceptors (Lipinski definition) is 3. The first-order valence-electron chi connectivity index (χ1n) is 9.66. The minimum absolute atomic E-state index is 0. The van der Waals surface area contributed by atoms with Gasteiger partial charge < -0.3 is 15.1 Å². The molecule has 2 fully saturated rings. The van der Waals surface area contributed by atoms with E-state index in [-0.39, 0.29) is 29.8 Å². The second kappa shape index (κ2) is 7.69. The highest BCUT2D eigenvalue weighted by Crippen LogP contribution is 2.29. The summed E-state index contributed by atoms with van der Waals surface area (Å²) in [6, 6.07) is 13.4. The van der Waals surface area contributed by atoms with Crippen LogP contribution in [0.25, 0.3) is 11.3 Å². The Morgan fingerprint density at radius 2 is 1.67 bits per heavy atom. The molecule has 3 heterocycles. The molecule has 4 rings (SSSR count). The van der Waals surface area contributed by atoms with Gasteiger partial charge in [0.25, 0.3) is 5.91 Å². The first-order chi connectivity index (χ1) is 12.4. The van der Waals surface area contributed by atoms with Crippen molar-refractivity contribution in [2.75, 3.05) is 0 Å². The molecule has 2 atom stereocenters. The van der Waals surface area contributed by atoms with E-state index in [1.165, 1.54) is 18.4 Å². The van der Waals surface area contributed by atoms with E-state index in [2.05, 4.69) is 55.7 Å². The van der Waals surface area contributed by atoms with E-state index in [0.717, 1.165) is 24.2 Å². The van der Waals surface area contributed by atoms with Crippen molar-refractivity contribution in [3.05, 3.63) is 47.7 Å². The van der Waals surface area contributed by atoms with Gasteiger partial charge in [0.15, 0.2) is 5.76 Å². The minimum atomic E-state index is -0.103. The van der Waals surface area contributed by atoms with E-state index in [1.54, 1.807) is 6.07 Å². The molecule has 0 saturated carbocycles. The van der Waals surface area contributed by atoms with Crippen molar-refractivity contribution in [3.8, 4) is 11.3 Å². The smallest absolute Gasteiger partial charge is 0.287 e. The molecule has 2 N–H and O–H groups in total. The Hall–Kier alpha value is -1.78. The summed E-state index contributed by atoms with van der Waals surface area (Å²) in [5.41, 5.74) is 2.41. The van der Waals surface area contributed by atoms with Gasteiger partial charge in [-0.15, -0.1) is 12.4 Å². The first-order valence-corrected chi connectivity index (χ1v) is 9.66. The maximum Gasteiger partial charge on any atom is 0.287 e. The third-order valence-electron chi connectivity index (χ3n) is 5.67. The number of benzene rings is 1. The molecule has 2 aliphatic rings. The number of hydrogen-bond donors (Lipinski definition) is 2. The fourth-order valence-electron chi connectivity index (χ4n) is 4.18. The zero-order valence-corrected chi connectivity index (χ0v) is 17.1. The van der Waals surface area contributed by atoms with Crippen LogP contribution in [0.3, 0.4) is 0 Å². The van der Waals surface area contributed by atoms with Crippen molar-refractivity contribution < 1.29 is 9.21 Å². The van der Waals surface area contributed by atoms with Crippen molar-refractivity contribution in [2.45, 2.75) is 70.0 Å². The first kappa shape index (κ1) is 20.0. The summed E-state index contributed by atoms with van der Waals surface area (Å²) in [4.78, 5) is 12.6. The second-order valence-electron chi connectivity index (χ2n) is 8.77. The molecule has 1 aromatic carbocycles. The number of nitrogens with one attached hydrogen (secondary N) is 2. The molecule has 2 bridgehead atoms. The molecular formula is C22H29ClN2O2. The van der Waals surface area contributed by atoms with Crippen molar-refractivity contribution in [1.82, 2.24) is 10.6 Å². The normalized spacial score (nSPS) is 24.3. The van der Waals surface area contributed by atoms with E-state index >= 15 is 0 Å². The molecule has 2 aromatic rings. The van der Waals surface area contributed by atoms with Gasteiger partial charge in [-0.3, -0.25) is 4.79 Å². The number of fused-ring (bicyclic) bond motifs is 2. The number of furan rings is 1. The van der Waals surface area contributed by atoms with Gasteiger partial charge in [-0.05, 0) is 48.8 Å². The minimum Gasteiger partial charge on any atom is -0.451 e. The molecule has 5 heteroatoms. The fourth-order valence-corrected chi connectivity index (χ4v) is 4.18. The number of rotatable bonds is 3. The average molecular weight is 389 g/mol. The van der Waals surface area contributed by atoms with Crippen molar-refractivity contribution >= 4 is 18.3 Å². The average Bonchev–Trinajstić information content (AvgIpc) is 3.21. The van der Waals surface area contributed by atoms with Gasteiger partial charge in [-0.2, -0.15) is 0 Å². The van der Waals surface area contributed by atoms with Crippen molar-refractivity contribution in [2.24, 2.45) is 0 Å². The molecule has 1 aromatic heterocycles. The monoisotopic (exact) mass is 388 g/mol. The Labute approximate surface area is 167 Å². The second-order valence-corrected chi connectivity index (χ2v) is 8.77. The SMILES string of the molecule is CC(C)(C)c1ccc(-c2ccc(C(=O)NC3CC4CCC(C3)N4)o2)cc1.Cl. The number of carbonyl (C=O) groups is 1. The maximum absolute atomic E-state index is 12.6. The summed E-state index contributed by atoms with van der Waals surface area (Å²) < 4.78 is 5.84. The van der Waals surface area contributed by atoms with Crippen LogP contribution in [0.5, 0.6) is 0 Å². The molecule has 2 unspecified atom stereocenters. The standard InChI is InChI=1S/C22H28N2O2.ClH/c1-22(2,3)15-6-4-14(5-7-15)19-10-11-20(26-19)21(25)24-18-12-16-8-9-17(13-18)23-16;/h4-7,10-11,16-18,23H,8-9,12-13H2,1-3H3,(H,24,25);1H. The predicted molar refractivity (Wildman–Crippen MR) is 111 cm³/mol. The van der Waals surface area contributed by atoms with E-state index in [9.17, 15) is 4.79 Å². The van der Waals surface area contributed by atoms with Gasteiger partial charge in [0.2, 0.25) is 0 Å². The Morgan fingerprint density at radius 1 is 1.04 bits per heavy atom. The summed E-state index contributed by atoms with van der Waals surface area (Å²) >= 11 is 0. The third kappa shape index (κ3) is 4.39. The molecule has 2 aliphatic heterocycles. The van der Waals surface area contributed by atoms with E-state index in [1.807, 2.05) is 6.07 Å². The Bertz CT molecular complexity index is 779. The van der Waals surface area contributed by atoms with Crippen molar-refractivity contribution in [1.29, 1.82) is 0 Å². The lowest BCUT2D eigenvalue weighted by atomic mass is 9.86. The van der Waals surface area contributed by atoms with E-state index in [4.69, 9.17) is 4.42 Å². The molecule has 146 valence electrons. The zero-order chi connectivity index (χ0) is 18.3. The van der Waals surface area contributed by atoms with Crippen LogP contribution in [0.4, 0.5) is 0 Å². The summed E-state index contributed by atoms with van der Waals surface area (Å²) in [6.45, 7) is 6.60. The quantitative estimate of drug-likeness (QED) is 0.802. The van der Waals surface area contributed by atoms with Crippen LogP contribution in [0.15, 0.2) is 40.8 Å². The van der Waals surface area contributed by atoms with Crippen LogP contribution in [0.1, 0.15) is 62.6 Å². The highest BCUT2D eigenvalue weighted by atomic mass is 35.5. The molecule has 0 aliphatic carbocycles. The van der Waals surface area contributed by atoms with Crippen LogP contribution in [-0.4, -0.2) is 24.0 Å². The van der Waals surface area contributed by atoms with Gasteiger partial charge >= 0.3 is 0 Å². The third-order valence-corrected chi connectivity index (χ3v) is 5.67. The Kier molecular flexibility index (Phi) is 5.68. The van der Waals surface area contributed by atoms with Crippen LogP contribution < -0.4 is 10.6 Å². The Morgan fingerprint density at radius 3 is 2.26 bits per heavy atom. The summed E-state index contributed by atoms with van der Waals surface area (Å²) in [7, 11) is 0. The topological polar surface area (TPSA) is 54.3 Å². The lowest BCUT2D eigenvalue weighted by Gasteiger charge is -2.29. The van der Waals surface area contributed by atoms with E-state index in [0.29, 0.717) is 17.8 Å². The summed E-state index contributed by atoms with van der Waals surface area (Å²) in [5.74, 6) is 1.03. The molecule has 2 saturated heterocycles. The molecule has 27 heavy (non-hydrogen) atoms. The van der Waals surface area contributed by atoms with Crippen LogP contribution in [0.2, 0.25) is 0 Å².